The first-order valence-electron chi connectivity index (χ1n) is 9.27. The average molecular weight is 358 g/mol. The zero-order chi connectivity index (χ0) is 18.6. The molecule has 0 fully saturated rings. The van der Waals surface area contributed by atoms with Crippen LogP contribution in [0.15, 0.2) is 53.8 Å². The number of ether oxygens (including phenoxy) is 1. The SMILES string of the molecule is CN=C(NCCCOC(C)c1ccccc1)NCC(C)Cn1cccn1. The predicted molar refractivity (Wildman–Crippen MR) is 106 cm³/mol. The Hall–Kier alpha value is -2.34. The largest absolute Gasteiger partial charge is 0.374 e. The van der Waals surface area contributed by atoms with Gasteiger partial charge in [0, 0.05) is 45.7 Å². The van der Waals surface area contributed by atoms with Gasteiger partial charge in [-0.15, -0.1) is 0 Å². The van der Waals surface area contributed by atoms with Crippen molar-refractivity contribution < 1.29 is 4.74 Å². The molecule has 2 unspecified atom stereocenters. The van der Waals surface area contributed by atoms with E-state index < -0.39 is 0 Å². The molecule has 0 saturated carbocycles. The lowest BCUT2D eigenvalue weighted by Gasteiger charge is -2.17. The van der Waals surface area contributed by atoms with E-state index in [0.29, 0.717) is 5.92 Å². The Labute approximate surface area is 156 Å². The Morgan fingerprint density at radius 3 is 2.69 bits per heavy atom. The van der Waals surface area contributed by atoms with Crippen LogP contribution in [-0.4, -0.2) is 42.5 Å². The van der Waals surface area contributed by atoms with E-state index in [2.05, 4.69) is 46.7 Å². The number of hydrogen-bond acceptors (Lipinski definition) is 3. The Morgan fingerprint density at radius 2 is 2.00 bits per heavy atom. The first-order valence-corrected chi connectivity index (χ1v) is 9.27. The molecule has 0 bridgehead atoms. The monoisotopic (exact) mass is 357 g/mol. The van der Waals surface area contributed by atoms with Crippen LogP contribution in [0.5, 0.6) is 0 Å². The van der Waals surface area contributed by atoms with Crippen molar-refractivity contribution >= 4 is 5.96 Å². The van der Waals surface area contributed by atoms with Crippen molar-refractivity contribution in [3.8, 4) is 0 Å². The zero-order valence-electron chi connectivity index (χ0n) is 16.1. The van der Waals surface area contributed by atoms with E-state index in [4.69, 9.17) is 4.74 Å². The number of guanidine groups is 1. The summed E-state index contributed by atoms with van der Waals surface area (Å²) in [5.74, 6) is 1.29. The topological polar surface area (TPSA) is 63.5 Å². The summed E-state index contributed by atoms with van der Waals surface area (Å²) < 4.78 is 7.84. The van der Waals surface area contributed by atoms with E-state index in [0.717, 1.165) is 38.6 Å². The summed E-state index contributed by atoms with van der Waals surface area (Å²) in [6.45, 7) is 7.57. The van der Waals surface area contributed by atoms with E-state index in [1.54, 1.807) is 13.2 Å². The smallest absolute Gasteiger partial charge is 0.190 e. The van der Waals surface area contributed by atoms with Crippen LogP contribution in [0.4, 0.5) is 0 Å². The predicted octanol–water partition coefficient (Wildman–Crippen LogP) is 2.85. The highest BCUT2D eigenvalue weighted by Gasteiger charge is 2.06. The summed E-state index contributed by atoms with van der Waals surface area (Å²) in [4.78, 5) is 4.27. The summed E-state index contributed by atoms with van der Waals surface area (Å²) in [5.41, 5.74) is 1.21. The molecule has 26 heavy (non-hydrogen) atoms. The van der Waals surface area contributed by atoms with Gasteiger partial charge in [0.15, 0.2) is 5.96 Å². The molecular weight excluding hydrogens is 326 g/mol. The van der Waals surface area contributed by atoms with Gasteiger partial charge in [0.25, 0.3) is 0 Å². The molecule has 0 aliphatic rings. The molecule has 0 amide bonds. The van der Waals surface area contributed by atoms with Crippen molar-refractivity contribution in [2.24, 2.45) is 10.9 Å². The molecule has 0 spiro atoms. The van der Waals surface area contributed by atoms with Gasteiger partial charge in [-0.05, 0) is 30.9 Å². The van der Waals surface area contributed by atoms with Gasteiger partial charge in [-0.2, -0.15) is 5.10 Å². The normalized spacial score (nSPS) is 14.0. The maximum atomic E-state index is 5.89. The summed E-state index contributed by atoms with van der Waals surface area (Å²) in [6.07, 6.45) is 4.85. The molecular formula is C20H31N5O. The van der Waals surface area contributed by atoms with Crippen LogP contribution >= 0.6 is 0 Å². The molecule has 2 rings (SSSR count). The van der Waals surface area contributed by atoms with E-state index in [1.807, 2.05) is 35.1 Å². The third kappa shape index (κ3) is 7.27. The van der Waals surface area contributed by atoms with Crippen molar-refractivity contribution in [3.05, 3.63) is 54.4 Å². The molecule has 2 aromatic rings. The zero-order valence-corrected chi connectivity index (χ0v) is 16.1. The molecule has 1 heterocycles. The Kier molecular flexibility index (Phi) is 8.69. The highest BCUT2D eigenvalue weighted by atomic mass is 16.5. The highest BCUT2D eigenvalue weighted by molar-refractivity contribution is 5.79. The Bertz CT molecular complexity index is 627. The van der Waals surface area contributed by atoms with Crippen molar-refractivity contribution in [2.45, 2.75) is 32.9 Å². The van der Waals surface area contributed by atoms with Crippen LogP contribution < -0.4 is 10.6 Å². The standard InChI is InChI=1S/C20H31N5O/c1-17(16-25-13-7-12-24-25)15-23-20(21-3)22-11-8-14-26-18(2)19-9-5-4-6-10-19/h4-7,9-10,12-13,17-18H,8,11,14-16H2,1-3H3,(H2,21,22,23). The Balaban J connectivity index is 1.57. The summed E-state index contributed by atoms with van der Waals surface area (Å²) >= 11 is 0. The minimum absolute atomic E-state index is 0.122. The minimum atomic E-state index is 0.122. The number of aromatic nitrogens is 2. The molecule has 0 aliphatic carbocycles. The number of rotatable bonds is 10. The van der Waals surface area contributed by atoms with E-state index in [9.17, 15) is 0 Å². The fourth-order valence-electron chi connectivity index (χ4n) is 2.64. The van der Waals surface area contributed by atoms with Gasteiger partial charge in [-0.1, -0.05) is 37.3 Å². The molecule has 1 aromatic carbocycles. The van der Waals surface area contributed by atoms with Gasteiger partial charge in [-0.25, -0.2) is 0 Å². The van der Waals surface area contributed by atoms with E-state index >= 15 is 0 Å². The second-order valence-corrected chi connectivity index (χ2v) is 6.49. The number of nitrogens with zero attached hydrogens (tertiary/aromatic N) is 3. The van der Waals surface area contributed by atoms with Crippen molar-refractivity contribution in [3.63, 3.8) is 0 Å². The second-order valence-electron chi connectivity index (χ2n) is 6.49. The lowest BCUT2D eigenvalue weighted by Crippen LogP contribution is -2.40. The van der Waals surface area contributed by atoms with Gasteiger partial charge >= 0.3 is 0 Å². The molecule has 2 N–H and O–H groups in total. The Morgan fingerprint density at radius 1 is 1.19 bits per heavy atom. The minimum Gasteiger partial charge on any atom is -0.374 e. The van der Waals surface area contributed by atoms with Crippen molar-refractivity contribution in [1.29, 1.82) is 0 Å². The van der Waals surface area contributed by atoms with Crippen LogP contribution in [0.1, 0.15) is 31.9 Å². The molecule has 142 valence electrons. The van der Waals surface area contributed by atoms with Gasteiger partial charge in [0.05, 0.1) is 6.10 Å². The van der Waals surface area contributed by atoms with Crippen molar-refractivity contribution in [2.75, 3.05) is 26.7 Å². The van der Waals surface area contributed by atoms with Crippen LogP contribution in [0.25, 0.3) is 0 Å². The van der Waals surface area contributed by atoms with E-state index in [-0.39, 0.29) is 6.10 Å². The average Bonchev–Trinajstić information content (AvgIpc) is 3.17. The molecule has 6 nitrogen and oxygen atoms in total. The second kappa shape index (κ2) is 11.3. The van der Waals surface area contributed by atoms with Gasteiger partial charge in [0.2, 0.25) is 0 Å². The fraction of sp³-hybridized carbons (Fsp3) is 0.500. The third-order valence-electron chi connectivity index (χ3n) is 4.15. The number of nitrogens with one attached hydrogen (secondary N) is 2. The lowest BCUT2D eigenvalue weighted by atomic mass is 10.1. The molecule has 0 radical (unpaired) electrons. The fourth-order valence-corrected chi connectivity index (χ4v) is 2.64. The number of aliphatic imine (C=N–C) groups is 1. The third-order valence-corrected chi connectivity index (χ3v) is 4.15. The van der Waals surface area contributed by atoms with Crippen LogP contribution in [0, 0.1) is 5.92 Å². The molecule has 0 saturated heterocycles. The summed E-state index contributed by atoms with van der Waals surface area (Å²) in [5, 5.41) is 10.9. The van der Waals surface area contributed by atoms with Gasteiger partial charge < -0.3 is 15.4 Å². The molecule has 6 heteroatoms. The quantitative estimate of drug-likeness (QED) is 0.390. The first-order chi connectivity index (χ1) is 12.7. The van der Waals surface area contributed by atoms with Crippen LogP contribution in [0.3, 0.4) is 0 Å². The van der Waals surface area contributed by atoms with Crippen molar-refractivity contribution in [1.82, 2.24) is 20.4 Å². The van der Waals surface area contributed by atoms with Crippen LogP contribution in [0.2, 0.25) is 0 Å². The molecule has 0 aliphatic heterocycles. The number of hydrogen-bond donors (Lipinski definition) is 2. The maximum absolute atomic E-state index is 5.89. The van der Waals surface area contributed by atoms with Gasteiger partial charge in [0.1, 0.15) is 0 Å². The number of benzene rings is 1. The van der Waals surface area contributed by atoms with Gasteiger partial charge in [-0.3, -0.25) is 9.67 Å². The highest BCUT2D eigenvalue weighted by Crippen LogP contribution is 2.15. The van der Waals surface area contributed by atoms with Crippen LogP contribution in [-0.2, 0) is 11.3 Å². The maximum Gasteiger partial charge on any atom is 0.190 e. The summed E-state index contributed by atoms with van der Waals surface area (Å²) in [6, 6.07) is 12.2. The molecule has 1 aromatic heterocycles. The summed E-state index contributed by atoms with van der Waals surface area (Å²) in [7, 11) is 1.79. The lowest BCUT2D eigenvalue weighted by molar-refractivity contribution is 0.0646. The first kappa shape index (κ1) is 20.0. The van der Waals surface area contributed by atoms with E-state index in [1.165, 1.54) is 5.56 Å². The molecule has 2 atom stereocenters.